The van der Waals surface area contributed by atoms with Crippen LogP contribution in [-0.2, 0) is 11.3 Å². The van der Waals surface area contributed by atoms with Crippen LogP contribution in [0.25, 0.3) is 11.1 Å². The van der Waals surface area contributed by atoms with Gasteiger partial charge in [0.15, 0.2) is 5.58 Å². The van der Waals surface area contributed by atoms with Gasteiger partial charge in [0.1, 0.15) is 0 Å². The van der Waals surface area contributed by atoms with E-state index in [4.69, 9.17) is 10.2 Å². The summed E-state index contributed by atoms with van der Waals surface area (Å²) in [5.74, 6) is -0.509. The quantitative estimate of drug-likeness (QED) is 0.717. The van der Waals surface area contributed by atoms with Gasteiger partial charge in [-0.2, -0.15) is 0 Å². The van der Waals surface area contributed by atoms with Crippen LogP contribution in [0.3, 0.4) is 0 Å². The highest BCUT2D eigenvalue weighted by atomic mass is 16.4. The average molecular weight is 249 g/mol. The van der Waals surface area contributed by atoms with Crippen LogP contribution in [0.2, 0.25) is 0 Å². The summed E-state index contributed by atoms with van der Waals surface area (Å²) >= 11 is 0. The van der Waals surface area contributed by atoms with E-state index >= 15 is 0 Å². The summed E-state index contributed by atoms with van der Waals surface area (Å²) < 4.78 is 4.94. The van der Waals surface area contributed by atoms with Gasteiger partial charge in [0, 0.05) is 13.0 Å². The maximum atomic E-state index is 11.4. The van der Waals surface area contributed by atoms with E-state index in [1.54, 1.807) is 12.1 Å². The van der Waals surface area contributed by atoms with E-state index in [1.165, 1.54) is 0 Å². The molecular weight excluding hydrogens is 234 g/mol. The lowest BCUT2D eigenvalue weighted by Crippen LogP contribution is -2.23. The van der Waals surface area contributed by atoms with Crippen molar-refractivity contribution in [3.8, 4) is 0 Å². The van der Waals surface area contributed by atoms with E-state index < -0.39 is 5.76 Å². The maximum Gasteiger partial charge on any atom is 0.417 e. The van der Waals surface area contributed by atoms with E-state index in [2.05, 4.69) is 10.3 Å². The number of hydrogen-bond acceptors (Lipinski definition) is 4. The van der Waals surface area contributed by atoms with Crippen molar-refractivity contribution in [3.05, 3.63) is 34.3 Å². The first kappa shape index (κ1) is 12.4. The van der Waals surface area contributed by atoms with Crippen LogP contribution < -0.4 is 16.8 Å². The highest BCUT2D eigenvalue weighted by molar-refractivity contribution is 5.76. The molecule has 0 saturated heterocycles. The summed E-state index contributed by atoms with van der Waals surface area (Å²) in [5.41, 5.74) is 7.35. The molecule has 0 unspecified atom stereocenters. The predicted octanol–water partition coefficient (Wildman–Crippen LogP) is 0.476. The fraction of sp³-hybridized carbons (Fsp3) is 0.333. The lowest BCUT2D eigenvalue weighted by Gasteiger charge is -2.04. The van der Waals surface area contributed by atoms with Crippen molar-refractivity contribution in [1.82, 2.24) is 10.3 Å². The first-order valence-electron chi connectivity index (χ1n) is 5.77. The van der Waals surface area contributed by atoms with Gasteiger partial charge in [0.25, 0.3) is 0 Å². The molecule has 96 valence electrons. The molecule has 0 saturated carbocycles. The average Bonchev–Trinajstić information content (AvgIpc) is 2.73. The minimum absolute atomic E-state index is 0.0314. The molecule has 6 nitrogen and oxygen atoms in total. The molecule has 1 amide bonds. The number of fused-ring (bicyclic) bond motifs is 1. The number of aromatic nitrogens is 1. The van der Waals surface area contributed by atoms with Crippen molar-refractivity contribution in [2.24, 2.45) is 5.73 Å². The SMILES string of the molecule is NCCCC(=O)NCc1ccc2[nH]c(=O)oc2c1. The summed E-state index contributed by atoms with van der Waals surface area (Å²) in [7, 11) is 0. The molecule has 4 N–H and O–H groups in total. The van der Waals surface area contributed by atoms with Crippen molar-refractivity contribution in [2.75, 3.05) is 6.54 Å². The number of aromatic amines is 1. The third kappa shape index (κ3) is 2.98. The number of benzene rings is 1. The third-order valence-corrected chi connectivity index (χ3v) is 2.58. The summed E-state index contributed by atoms with van der Waals surface area (Å²) in [6.07, 6.45) is 1.11. The first-order valence-corrected chi connectivity index (χ1v) is 5.77. The molecule has 1 heterocycles. The zero-order valence-electron chi connectivity index (χ0n) is 9.86. The Morgan fingerprint density at radius 2 is 2.28 bits per heavy atom. The Morgan fingerprint density at radius 3 is 3.06 bits per heavy atom. The Hall–Kier alpha value is -2.08. The second kappa shape index (κ2) is 5.50. The van der Waals surface area contributed by atoms with Crippen LogP contribution in [0.4, 0.5) is 0 Å². The van der Waals surface area contributed by atoms with Crippen LogP contribution in [0.5, 0.6) is 0 Å². The van der Waals surface area contributed by atoms with Gasteiger partial charge in [-0.05, 0) is 30.7 Å². The van der Waals surface area contributed by atoms with E-state index in [9.17, 15) is 9.59 Å². The molecule has 0 fully saturated rings. The van der Waals surface area contributed by atoms with Crippen LogP contribution in [0, 0.1) is 0 Å². The molecule has 6 heteroatoms. The van der Waals surface area contributed by atoms with E-state index in [1.807, 2.05) is 6.07 Å². The number of carbonyl (C=O) groups is 1. The highest BCUT2D eigenvalue weighted by Crippen LogP contribution is 2.12. The molecule has 2 rings (SSSR count). The third-order valence-electron chi connectivity index (χ3n) is 2.58. The van der Waals surface area contributed by atoms with Crippen LogP contribution in [-0.4, -0.2) is 17.4 Å². The van der Waals surface area contributed by atoms with E-state index in [0.717, 1.165) is 5.56 Å². The number of H-pyrrole nitrogens is 1. The summed E-state index contributed by atoms with van der Waals surface area (Å²) in [4.78, 5) is 24.9. The molecule has 0 bridgehead atoms. The molecule has 0 atom stereocenters. The van der Waals surface area contributed by atoms with Crippen LogP contribution in [0.1, 0.15) is 18.4 Å². The van der Waals surface area contributed by atoms with Crippen LogP contribution >= 0.6 is 0 Å². The summed E-state index contributed by atoms with van der Waals surface area (Å²) in [5, 5.41) is 2.78. The fourth-order valence-corrected chi connectivity index (χ4v) is 1.65. The monoisotopic (exact) mass is 249 g/mol. The second-order valence-electron chi connectivity index (χ2n) is 4.01. The Labute approximate surface area is 103 Å². The minimum Gasteiger partial charge on any atom is -0.408 e. The van der Waals surface area contributed by atoms with Gasteiger partial charge in [-0.3, -0.25) is 9.78 Å². The molecule has 0 aliphatic rings. The topological polar surface area (TPSA) is 101 Å². The molecule has 1 aromatic heterocycles. The zero-order chi connectivity index (χ0) is 13.0. The number of nitrogens with two attached hydrogens (primary N) is 1. The van der Waals surface area contributed by atoms with E-state index in [-0.39, 0.29) is 5.91 Å². The largest absolute Gasteiger partial charge is 0.417 e. The van der Waals surface area contributed by atoms with Crippen molar-refractivity contribution < 1.29 is 9.21 Å². The van der Waals surface area contributed by atoms with Crippen molar-refractivity contribution in [1.29, 1.82) is 0 Å². The first-order chi connectivity index (χ1) is 8.69. The molecule has 0 aliphatic heterocycles. The molecule has 0 aliphatic carbocycles. The zero-order valence-corrected chi connectivity index (χ0v) is 9.86. The molecule has 0 radical (unpaired) electrons. The van der Waals surface area contributed by atoms with Gasteiger partial charge < -0.3 is 15.5 Å². The molecule has 1 aromatic carbocycles. The maximum absolute atomic E-state index is 11.4. The molecule has 18 heavy (non-hydrogen) atoms. The smallest absolute Gasteiger partial charge is 0.408 e. The van der Waals surface area contributed by atoms with Crippen LogP contribution in [0.15, 0.2) is 27.4 Å². The lowest BCUT2D eigenvalue weighted by molar-refractivity contribution is -0.121. The number of amides is 1. The van der Waals surface area contributed by atoms with Gasteiger partial charge in [0.2, 0.25) is 5.91 Å². The molecule has 2 aromatic rings. The lowest BCUT2D eigenvalue weighted by atomic mass is 10.2. The van der Waals surface area contributed by atoms with Gasteiger partial charge in [0.05, 0.1) is 5.52 Å². The number of nitrogens with one attached hydrogen (secondary N) is 2. The van der Waals surface area contributed by atoms with Crippen molar-refractivity contribution in [3.63, 3.8) is 0 Å². The normalized spacial score (nSPS) is 10.7. The Morgan fingerprint density at radius 1 is 1.44 bits per heavy atom. The Bertz CT molecular complexity index is 600. The number of carbonyl (C=O) groups excluding carboxylic acids is 1. The standard InChI is InChI=1S/C12H15N3O3/c13-5-1-2-11(16)14-7-8-3-4-9-10(6-8)18-12(17)15-9/h3-4,6H,1-2,5,7,13H2,(H,14,16)(H,15,17). The predicted molar refractivity (Wildman–Crippen MR) is 67.0 cm³/mol. The van der Waals surface area contributed by atoms with E-state index in [0.29, 0.717) is 37.0 Å². The Balaban J connectivity index is 1.99. The van der Waals surface area contributed by atoms with Gasteiger partial charge in [-0.15, -0.1) is 0 Å². The van der Waals surface area contributed by atoms with Gasteiger partial charge >= 0.3 is 5.76 Å². The fourth-order valence-electron chi connectivity index (χ4n) is 1.65. The molecule has 0 spiro atoms. The second-order valence-corrected chi connectivity index (χ2v) is 4.01. The highest BCUT2D eigenvalue weighted by Gasteiger charge is 2.04. The number of oxazole rings is 1. The summed E-state index contributed by atoms with van der Waals surface area (Å²) in [6.45, 7) is 0.919. The minimum atomic E-state index is -0.478. The number of hydrogen-bond donors (Lipinski definition) is 3. The summed E-state index contributed by atoms with van der Waals surface area (Å²) in [6, 6.07) is 5.31. The van der Waals surface area contributed by atoms with Gasteiger partial charge in [-0.25, -0.2) is 4.79 Å². The Kier molecular flexibility index (Phi) is 3.78. The van der Waals surface area contributed by atoms with Crippen molar-refractivity contribution in [2.45, 2.75) is 19.4 Å². The number of rotatable bonds is 5. The molecular formula is C12H15N3O3. The van der Waals surface area contributed by atoms with Gasteiger partial charge in [-0.1, -0.05) is 6.07 Å². The van der Waals surface area contributed by atoms with Crippen molar-refractivity contribution >= 4 is 17.0 Å².